The van der Waals surface area contributed by atoms with Gasteiger partial charge in [-0.25, -0.2) is 0 Å². The minimum absolute atomic E-state index is 0.225. The first kappa shape index (κ1) is 14.8. The van der Waals surface area contributed by atoms with Crippen molar-refractivity contribution in [3.63, 3.8) is 0 Å². The Morgan fingerprint density at radius 2 is 1.94 bits per heavy atom. The van der Waals surface area contributed by atoms with Crippen LogP contribution in [0.25, 0.3) is 0 Å². The molecule has 1 aromatic rings. The van der Waals surface area contributed by atoms with E-state index >= 15 is 0 Å². The lowest BCUT2D eigenvalue weighted by Crippen LogP contribution is -2.16. The zero-order valence-corrected chi connectivity index (χ0v) is 14.3. The van der Waals surface area contributed by atoms with Crippen LogP contribution in [0.15, 0.2) is 28.7 Å². The van der Waals surface area contributed by atoms with Crippen molar-refractivity contribution in [3.05, 3.63) is 34.3 Å². The topological polar surface area (TPSA) is 9.23 Å². The van der Waals surface area contributed by atoms with Gasteiger partial charge in [-0.2, -0.15) is 0 Å². The molecule has 1 saturated carbocycles. The SMILES string of the molecule is Brc1ccccc1C(CI)OCC1CCCCC1. The van der Waals surface area contributed by atoms with Gasteiger partial charge in [0, 0.05) is 8.90 Å². The molecule has 3 heteroatoms. The van der Waals surface area contributed by atoms with Gasteiger partial charge in [-0.3, -0.25) is 0 Å². The highest BCUT2D eigenvalue weighted by molar-refractivity contribution is 14.1. The molecule has 0 aromatic heterocycles. The standard InChI is InChI=1S/C15H20BrIO/c16-14-9-5-4-8-13(14)15(10-17)18-11-12-6-2-1-3-7-12/h4-5,8-9,12,15H,1-3,6-7,10-11H2. The second-order valence-electron chi connectivity index (χ2n) is 5.00. The van der Waals surface area contributed by atoms with Crippen molar-refractivity contribution in [3.8, 4) is 0 Å². The van der Waals surface area contributed by atoms with Crippen LogP contribution in [0.4, 0.5) is 0 Å². The minimum atomic E-state index is 0.225. The summed E-state index contributed by atoms with van der Waals surface area (Å²) in [6, 6.07) is 8.40. The first-order valence-corrected chi connectivity index (χ1v) is 9.05. The molecule has 1 aromatic carbocycles. The van der Waals surface area contributed by atoms with Crippen molar-refractivity contribution in [2.24, 2.45) is 5.92 Å². The summed E-state index contributed by atoms with van der Waals surface area (Å²) in [6.07, 6.45) is 7.11. The molecule has 0 aliphatic heterocycles. The smallest absolute Gasteiger partial charge is 0.0925 e. The average Bonchev–Trinajstić information content (AvgIpc) is 2.42. The summed E-state index contributed by atoms with van der Waals surface area (Å²) in [4.78, 5) is 0. The van der Waals surface area contributed by atoms with E-state index in [0.717, 1.165) is 21.4 Å². The monoisotopic (exact) mass is 422 g/mol. The van der Waals surface area contributed by atoms with Crippen molar-refractivity contribution in [2.45, 2.75) is 38.2 Å². The summed E-state index contributed by atoms with van der Waals surface area (Å²) >= 11 is 6.04. The average molecular weight is 423 g/mol. The second kappa shape index (κ2) is 7.85. The van der Waals surface area contributed by atoms with Crippen LogP contribution in [-0.2, 0) is 4.74 Å². The van der Waals surface area contributed by atoms with E-state index in [4.69, 9.17) is 4.74 Å². The highest BCUT2D eigenvalue weighted by atomic mass is 127. The Balaban J connectivity index is 1.91. The number of rotatable bonds is 5. The highest BCUT2D eigenvalue weighted by Gasteiger charge is 2.18. The number of hydrogen-bond acceptors (Lipinski definition) is 1. The van der Waals surface area contributed by atoms with Gasteiger partial charge in [0.2, 0.25) is 0 Å². The van der Waals surface area contributed by atoms with Gasteiger partial charge < -0.3 is 4.74 Å². The molecular formula is C15H20BrIO. The van der Waals surface area contributed by atoms with E-state index in [1.165, 1.54) is 37.7 Å². The molecule has 0 bridgehead atoms. The maximum atomic E-state index is 6.16. The minimum Gasteiger partial charge on any atom is -0.372 e. The molecule has 0 saturated heterocycles. The van der Waals surface area contributed by atoms with E-state index in [2.05, 4.69) is 62.8 Å². The molecule has 1 nitrogen and oxygen atoms in total. The third kappa shape index (κ3) is 4.20. The van der Waals surface area contributed by atoms with Gasteiger partial charge in [0.05, 0.1) is 12.7 Å². The summed E-state index contributed by atoms with van der Waals surface area (Å²) in [5.74, 6) is 0.784. The molecule has 18 heavy (non-hydrogen) atoms. The van der Waals surface area contributed by atoms with Gasteiger partial charge in [0.1, 0.15) is 0 Å². The van der Waals surface area contributed by atoms with Gasteiger partial charge in [0.15, 0.2) is 0 Å². The quantitative estimate of drug-likeness (QED) is 0.448. The van der Waals surface area contributed by atoms with Gasteiger partial charge in [0.25, 0.3) is 0 Å². The fourth-order valence-corrected chi connectivity index (χ4v) is 3.83. The van der Waals surface area contributed by atoms with E-state index in [1.54, 1.807) is 0 Å². The van der Waals surface area contributed by atoms with Crippen LogP contribution in [0, 0.1) is 5.92 Å². The third-order valence-electron chi connectivity index (χ3n) is 3.65. The Morgan fingerprint density at radius 1 is 1.22 bits per heavy atom. The predicted octanol–water partition coefficient (Wildman–Crippen LogP) is 5.52. The number of hydrogen-bond donors (Lipinski definition) is 0. The maximum Gasteiger partial charge on any atom is 0.0925 e. The lowest BCUT2D eigenvalue weighted by atomic mass is 9.90. The number of alkyl halides is 1. The first-order valence-electron chi connectivity index (χ1n) is 6.73. The van der Waals surface area contributed by atoms with Crippen LogP contribution >= 0.6 is 38.5 Å². The predicted molar refractivity (Wildman–Crippen MR) is 88.3 cm³/mol. The van der Waals surface area contributed by atoms with E-state index in [0.29, 0.717) is 0 Å². The van der Waals surface area contributed by atoms with Crippen LogP contribution in [-0.4, -0.2) is 11.0 Å². The molecule has 1 aliphatic rings. The Morgan fingerprint density at radius 3 is 2.61 bits per heavy atom. The van der Waals surface area contributed by atoms with Crippen LogP contribution in [0.2, 0.25) is 0 Å². The molecule has 1 fully saturated rings. The molecule has 100 valence electrons. The molecular weight excluding hydrogens is 403 g/mol. The fourth-order valence-electron chi connectivity index (χ4n) is 2.56. The Kier molecular flexibility index (Phi) is 6.45. The largest absolute Gasteiger partial charge is 0.372 e. The molecule has 0 heterocycles. The van der Waals surface area contributed by atoms with Crippen molar-refractivity contribution in [2.75, 3.05) is 11.0 Å². The molecule has 1 aliphatic carbocycles. The van der Waals surface area contributed by atoms with Crippen molar-refractivity contribution >= 4 is 38.5 Å². The Labute approximate surface area is 132 Å². The van der Waals surface area contributed by atoms with Gasteiger partial charge in [-0.1, -0.05) is 76.0 Å². The van der Waals surface area contributed by atoms with Crippen molar-refractivity contribution in [1.29, 1.82) is 0 Å². The van der Waals surface area contributed by atoms with Gasteiger partial charge >= 0.3 is 0 Å². The number of halogens is 2. The molecule has 0 amide bonds. The Bertz CT molecular complexity index is 363. The highest BCUT2D eigenvalue weighted by Crippen LogP contribution is 2.30. The Hall–Kier alpha value is 0.390. The van der Waals surface area contributed by atoms with E-state index in [-0.39, 0.29) is 6.10 Å². The van der Waals surface area contributed by atoms with Crippen molar-refractivity contribution in [1.82, 2.24) is 0 Å². The summed E-state index contributed by atoms with van der Waals surface area (Å²) in [6.45, 7) is 0.926. The molecule has 0 N–H and O–H groups in total. The second-order valence-corrected chi connectivity index (χ2v) is 6.74. The van der Waals surface area contributed by atoms with Crippen LogP contribution in [0.3, 0.4) is 0 Å². The molecule has 1 atom stereocenters. The first-order chi connectivity index (χ1) is 8.81. The third-order valence-corrected chi connectivity index (χ3v) is 5.17. The van der Waals surface area contributed by atoms with Gasteiger partial charge in [-0.15, -0.1) is 0 Å². The van der Waals surface area contributed by atoms with Crippen LogP contribution in [0.5, 0.6) is 0 Å². The summed E-state index contributed by atoms with van der Waals surface area (Å²) in [5.41, 5.74) is 1.28. The zero-order chi connectivity index (χ0) is 12.8. The number of benzene rings is 1. The molecule has 2 rings (SSSR count). The lowest BCUT2D eigenvalue weighted by Gasteiger charge is -2.24. The van der Waals surface area contributed by atoms with Crippen molar-refractivity contribution < 1.29 is 4.74 Å². The lowest BCUT2D eigenvalue weighted by molar-refractivity contribution is 0.0341. The summed E-state index contributed by atoms with van der Waals surface area (Å²) < 4.78 is 8.33. The summed E-state index contributed by atoms with van der Waals surface area (Å²) in [7, 11) is 0. The molecule has 0 spiro atoms. The van der Waals surface area contributed by atoms with Crippen LogP contribution in [0.1, 0.15) is 43.8 Å². The zero-order valence-electron chi connectivity index (χ0n) is 10.6. The van der Waals surface area contributed by atoms with Crippen LogP contribution < -0.4 is 0 Å². The van der Waals surface area contributed by atoms with E-state index < -0.39 is 0 Å². The molecule has 1 unspecified atom stereocenters. The fraction of sp³-hybridized carbons (Fsp3) is 0.600. The van der Waals surface area contributed by atoms with Gasteiger partial charge in [-0.05, 0) is 30.4 Å². The van der Waals surface area contributed by atoms with E-state index in [9.17, 15) is 0 Å². The number of ether oxygens (including phenoxy) is 1. The maximum absolute atomic E-state index is 6.16. The molecule has 0 radical (unpaired) electrons. The summed E-state index contributed by atoms with van der Waals surface area (Å²) in [5, 5.41) is 0. The normalized spacial score (nSPS) is 18.8. The van der Waals surface area contributed by atoms with E-state index in [1.807, 2.05) is 0 Å².